The maximum absolute atomic E-state index is 10.9. The van der Waals surface area contributed by atoms with Crippen molar-refractivity contribution in [3.8, 4) is 11.1 Å². The van der Waals surface area contributed by atoms with E-state index in [4.69, 9.17) is 11.5 Å². The van der Waals surface area contributed by atoms with Gasteiger partial charge in [-0.15, -0.1) is 0 Å². The first-order valence-corrected chi connectivity index (χ1v) is 5.86. The molecule has 0 aliphatic heterocycles. The highest BCUT2D eigenvalue weighted by atomic mass is 16.1. The van der Waals surface area contributed by atoms with Gasteiger partial charge in [0.15, 0.2) is 0 Å². The summed E-state index contributed by atoms with van der Waals surface area (Å²) < 4.78 is 0. The molecule has 92 valence electrons. The largest absolute Gasteiger partial charge is 0.368 e. The Labute approximate surface area is 106 Å². The van der Waals surface area contributed by atoms with Crippen molar-refractivity contribution >= 4 is 5.91 Å². The van der Waals surface area contributed by atoms with Crippen LogP contribution in [0.3, 0.4) is 0 Å². The molecule has 0 saturated heterocycles. The minimum absolute atomic E-state index is 0.470. The molecular formula is C15H16N2O. The molecule has 3 nitrogen and oxygen atoms in total. The minimum atomic E-state index is -0.618. The Balaban J connectivity index is 2.13. The van der Waals surface area contributed by atoms with E-state index in [9.17, 15) is 4.79 Å². The molecule has 4 N–H and O–H groups in total. The third kappa shape index (κ3) is 2.96. The number of rotatable bonds is 4. The molecule has 2 rings (SSSR count). The zero-order chi connectivity index (χ0) is 13.0. The topological polar surface area (TPSA) is 69.1 Å². The van der Waals surface area contributed by atoms with Crippen LogP contribution in [0.2, 0.25) is 0 Å². The van der Waals surface area contributed by atoms with Gasteiger partial charge >= 0.3 is 0 Å². The number of primary amides is 1. The first kappa shape index (κ1) is 12.3. The van der Waals surface area contributed by atoms with Gasteiger partial charge in [0.2, 0.25) is 5.91 Å². The highest BCUT2D eigenvalue weighted by Gasteiger charge is 2.09. The number of nitrogens with two attached hydrogens (primary N) is 2. The Kier molecular flexibility index (Phi) is 3.75. The van der Waals surface area contributed by atoms with Crippen LogP contribution >= 0.6 is 0 Å². The second kappa shape index (κ2) is 5.47. The molecule has 0 fully saturated rings. The molecule has 0 aromatic heterocycles. The Morgan fingerprint density at radius 3 is 2.06 bits per heavy atom. The molecule has 0 saturated carbocycles. The Hall–Kier alpha value is -2.13. The first-order chi connectivity index (χ1) is 8.66. The van der Waals surface area contributed by atoms with Crippen LogP contribution in [-0.2, 0) is 11.2 Å². The Morgan fingerprint density at radius 1 is 0.944 bits per heavy atom. The van der Waals surface area contributed by atoms with Crippen LogP contribution in [0.1, 0.15) is 5.56 Å². The van der Waals surface area contributed by atoms with E-state index in [1.807, 2.05) is 42.5 Å². The van der Waals surface area contributed by atoms with Gasteiger partial charge in [-0.25, -0.2) is 0 Å². The summed E-state index contributed by atoms with van der Waals surface area (Å²) in [6, 6.07) is 17.5. The van der Waals surface area contributed by atoms with Gasteiger partial charge in [-0.1, -0.05) is 54.6 Å². The third-order valence-electron chi connectivity index (χ3n) is 2.88. The van der Waals surface area contributed by atoms with Gasteiger partial charge in [0.05, 0.1) is 6.04 Å². The van der Waals surface area contributed by atoms with Crippen LogP contribution in [0.5, 0.6) is 0 Å². The lowest BCUT2D eigenvalue weighted by Gasteiger charge is -2.08. The lowest BCUT2D eigenvalue weighted by molar-refractivity contribution is -0.119. The zero-order valence-electron chi connectivity index (χ0n) is 10.0. The number of carbonyl (C=O) groups excluding carboxylic acids is 1. The fraction of sp³-hybridized carbons (Fsp3) is 0.133. The summed E-state index contributed by atoms with van der Waals surface area (Å²) in [5.41, 5.74) is 14.1. The first-order valence-electron chi connectivity index (χ1n) is 5.86. The highest BCUT2D eigenvalue weighted by Crippen LogP contribution is 2.19. The van der Waals surface area contributed by atoms with E-state index in [2.05, 4.69) is 12.1 Å². The quantitative estimate of drug-likeness (QED) is 0.854. The average molecular weight is 240 g/mol. The maximum Gasteiger partial charge on any atom is 0.234 e. The fourth-order valence-electron chi connectivity index (χ4n) is 1.82. The van der Waals surface area contributed by atoms with Crippen molar-refractivity contribution in [3.63, 3.8) is 0 Å². The molecule has 2 aromatic rings. The normalized spacial score (nSPS) is 12.1. The van der Waals surface area contributed by atoms with Crippen LogP contribution in [0, 0.1) is 0 Å². The smallest absolute Gasteiger partial charge is 0.234 e. The van der Waals surface area contributed by atoms with Gasteiger partial charge in [-0.3, -0.25) is 4.79 Å². The molecule has 2 aromatic carbocycles. The summed E-state index contributed by atoms with van der Waals surface area (Å²) in [5, 5.41) is 0. The lowest BCUT2D eigenvalue weighted by Crippen LogP contribution is -2.38. The summed E-state index contributed by atoms with van der Waals surface area (Å²) in [5.74, 6) is -0.470. The van der Waals surface area contributed by atoms with Crippen molar-refractivity contribution in [3.05, 3.63) is 60.2 Å². The lowest BCUT2D eigenvalue weighted by atomic mass is 10.0. The van der Waals surface area contributed by atoms with Crippen LogP contribution in [0.15, 0.2) is 54.6 Å². The number of hydrogen-bond donors (Lipinski definition) is 2. The predicted octanol–water partition coefficient (Wildman–Crippen LogP) is 1.71. The van der Waals surface area contributed by atoms with Gasteiger partial charge in [-0.05, 0) is 23.1 Å². The minimum Gasteiger partial charge on any atom is -0.368 e. The van der Waals surface area contributed by atoms with E-state index >= 15 is 0 Å². The maximum atomic E-state index is 10.9. The van der Waals surface area contributed by atoms with Crippen molar-refractivity contribution < 1.29 is 4.79 Å². The highest BCUT2D eigenvalue weighted by molar-refractivity contribution is 5.79. The molecule has 1 amide bonds. The summed E-state index contributed by atoms with van der Waals surface area (Å²) in [6.07, 6.45) is 0.477. The van der Waals surface area contributed by atoms with Crippen LogP contribution < -0.4 is 11.5 Å². The van der Waals surface area contributed by atoms with E-state index in [-0.39, 0.29) is 0 Å². The summed E-state index contributed by atoms with van der Waals surface area (Å²) in [7, 11) is 0. The van der Waals surface area contributed by atoms with Gasteiger partial charge in [0.25, 0.3) is 0 Å². The fourth-order valence-corrected chi connectivity index (χ4v) is 1.82. The zero-order valence-corrected chi connectivity index (χ0v) is 10.0. The molecule has 0 bridgehead atoms. The molecule has 1 atom stereocenters. The standard InChI is InChI=1S/C15H16N2O/c16-14(15(17)18)10-11-6-8-13(9-7-11)12-4-2-1-3-5-12/h1-9,14H,10,16H2,(H2,17,18)/t14-/m0/s1. The van der Waals surface area contributed by atoms with Crippen molar-refractivity contribution in [1.29, 1.82) is 0 Å². The predicted molar refractivity (Wildman–Crippen MR) is 72.8 cm³/mol. The number of amides is 1. The number of benzene rings is 2. The van der Waals surface area contributed by atoms with E-state index in [0.29, 0.717) is 6.42 Å². The Bertz CT molecular complexity index is 520. The van der Waals surface area contributed by atoms with E-state index in [1.54, 1.807) is 0 Å². The number of carbonyl (C=O) groups is 1. The van der Waals surface area contributed by atoms with Gasteiger partial charge in [0, 0.05) is 0 Å². The summed E-state index contributed by atoms with van der Waals surface area (Å²) >= 11 is 0. The van der Waals surface area contributed by atoms with Crippen molar-refractivity contribution in [2.24, 2.45) is 11.5 Å². The second-order valence-electron chi connectivity index (χ2n) is 4.28. The molecule has 0 spiro atoms. The molecular weight excluding hydrogens is 224 g/mol. The van der Waals surface area contributed by atoms with Crippen LogP contribution in [0.25, 0.3) is 11.1 Å². The monoisotopic (exact) mass is 240 g/mol. The van der Waals surface area contributed by atoms with Gasteiger partial charge in [-0.2, -0.15) is 0 Å². The SMILES string of the molecule is NC(=O)[C@@H](N)Cc1ccc(-c2ccccc2)cc1. The molecule has 0 unspecified atom stereocenters. The van der Waals surface area contributed by atoms with Crippen molar-refractivity contribution in [1.82, 2.24) is 0 Å². The average Bonchev–Trinajstić information content (AvgIpc) is 2.40. The van der Waals surface area contributed by atoms with Crippen LogP contribution in [0.4, 0.5) is 0 Å². The van der Waals surface area contributed by atoms with E-state index < -0.39 is 11.9 Å². The van der Waals surface area contributed by atoms with E-state index in [0.717, 1.165) is 11.1 Å². The second-order valence-corrected chi connectivity index (χ2v) is 4.28. The van der Waals surface area contributed by atoms with Crippen LogP contribution in [-0.4, -0.2) is 11.9 Å². The Morgan fingerprint density at radius 2 is 1.50 bits per heavy atom. The third-order valence-corrected chi connectivity index (χ3v) is 2.88. The molecule has 0 radical (unpaired) electrons. The van der Waals surface area contributed by atoms with Crippen molar-refractivity contribution in [2.75, 3.05) is 0 Å². The number of hydrogen-bond acceptors (Lipinski definition) is 2. The van der Waals surface area contributed by atoms with E-state index in [1.165, 1.54) is 5.56 Å². The molecule has 18 heavy (non-hydrogen) atoms. The van der Waals surface area contributed by atoms with Gasteiger partial charge < -0.3 is 11.5 Å². The summed E-state index contributed by atoms with van der Waals surface area (Å²) in [6.45, 7) is 0. The van der Waals surface area contributed by atoms with Crippen molar-refractivity contribution in [2.45, 2.75) is 12.5 Å². The molecule has 0 heterocycles. The molecule has 0 aliphatic rings. The molecule has 0 aliphatic carbocycles. The summed E-state index contributed by atoms with van der Waals surface area (Å²) in [4.78, 5) is 10.9. The van der Waals surface area contributed by atoms with Gasteiger partial charge in [0.1, 0.15) is 0 Å². The molecule has 3 heteroatoms.